The molecule has 0 aliphatic carbocycles. The Kier molecular flexibility index (Phi) is 8.72. The number of carbonyl (C=O) groups is 1. The van der Waals surface area contributed by atoms with Crippen molar-refractivity contribution in [3.8, 4) is 0 Å². The van der Waals surface area contributed by atoms with Gasteiger partial charge in [0, 0.05) is 24.9 Å². The number of urea groups is 1. The van der Waals surface area contributed by atoms with Crippen molar-refractivity contribution in [2.75, 3.05) is 25.0 Å². The number of rotatable bonds is 8. The molecule has 1 fully saturated rings. The molecule has 3 atom stereocenters. The Hall–Kier alpha value is -1.45. The number of nitrogens with one attached hydrogen (secondary N) is 4. The van der Waals surface area contributed by atoms with Gasteiger partial charge in [-0.15, -0.1) is 0 Å². The Labute approximate surface area is 164 Å². The third kappa shape index (κ3) is 6.58. The number of carbonyl (C=O) groups excluding carboxylic acids is 1. The summed E-state index contributed by atoms with van der Waals surface area (Å²) in [5.74, 6) is -0.530. The highest BCUT2D eigenvalue weighted by atomic mass is 35.5. The Morgan fingerprint density at radius 2 is 2.22 bits per heavy atom. The average molecular weight is 402 g/mol. The summed E-state index contributed by atoms with van der Waals surface area (Å²) in [6.45, 7) is 5.85. The van der Waals surface area contributed by atoms with Crippen LogP contribution < -0.4 is 21.3 Å². The fourth-order valence-electron chi connectivity index (χ4n) is 3.18. The summed E-state index contributed by atoms with van der Waals surface area (Å²) < 4.78 is 13.2. The molecule has 0 aromatic heterocycles. The van der Waals surface area contributed by atoms with Crippen molar-refractivity contribution in [3.05, 3.63) is 29.0 Å². The Bertz CT molecular complexity index is 621. The van der Waals surface area contributed by atoms with Crippen LogP contribution in [0.2, 0.25) is 5.02 Å². The first kappa shape index (κ1) is 21.8. The maximum absolute atomic E-state index is 13.2. The molecule has 1 aliphatic rings. The van der Waals surface area contributed by atoms with Crippen molar-refractivity contribution in [3.63, 3.8) is 0 Å². The number of halogens is 2. The van der Waals surface area contributed by atoms with E-state index in [4.69, 9.17) is 16.7 Å². The van der Waals surface area contributed by atoms with E-state index in [-0.39, 0.29) is 30.1 Å². The van der Waals surface area contributed by atoms with E-state index in [2.05, 4.69) is 33.1 Å². The lowest BCUT2D eigenvalue weighted by molar-refractivity contribution is 0.0252. The molecule has 27 heavy (non-hydrogen) atoms. The summed E-state index contributed by atoms with van der Waals surface area (Å²) >= 11 is 5.75. The summed E-state index contributed by atoms with van der Waals surface area (Å²) in [4.78, 5) is 14.5. The topological polar surface area (TPSA) is 88.7 Å². The van der Waals surface area contributed by atoms with E-state index >= 15 is 0 Å². The molecule has 0 bridgehead atoms. The van der Waals surface area contributed by atoms with E-state index in [1.165, 1.54) is 18.2 Å². The van der Waals surface area contributed by atoms with Gasteiger partial charge in [-0.25, -0.2) is 9.18 Å². The van der Waals surface area contributed by atoms with Crippen molar-refractivity contribution in [1.29, 1.82) is 0 Å². The first-order valence-corrected chi connectivity index (χ1v) is 9.71. The fourth-order valence-corrected chi connectivity index (χ4v) is 3.36. The number of amides is 2. The van der Waals surface area contributed by atoms with Gasteiger partial charge in [0.05, 0.1) is 11.2 Å². The van der Waals surface area contributed by atoms with Gasteiger partial charge in [-0.2, -0.15) is 0 Å². The molecule has 2 rings (SSSR count). The molecule has 1 saturated heterocycles. The minimum atomic E-state index is -0.530. The van der Waals surface area contributed by atoms with Crippen LogP contribution in [0.3, 0.4) is 0 Å². The highest BCUT2D eigenvalue weighted by molar-refractivity contribution is 6.31. The molecule has 2 amide bonds. The summed E-state index contributed by atoms with van der Waals surface area (Å²) in [6.07, 6.45) is 2.35. The molecule has 152 valence electrons. The van der Waals surface area contributed by atoms with E-state index in [1.54, 1.807) is 0 Å². The maximum Gasteiger partial charge on any atom is 0.321 e. The molecule has 1 aliphatic heterocycles. The molecule has 3 unspecified atom stereocenters. The SMILES string of the molecule is CCN1C(NCCCCO)CC(C)NC1NC(=O)Nc1ccc(F)c(Cl)c1. The van der Waals surface area contributed by atoms with Crippen molar-refractivity contribution in [1.82, 2.24) is 20.9 Å². The van der Waals surface area contributed by atoms with Gasteiger partial charge < -0.3 is 21.1 Å². The summed E-state index contributed by atoms with van der Waals surface area (Å²) in [5, 5.41) is 21.3. The number of unbranched alkanes of at least 4 members (excludes halogenated alkanes) is 1. The Morgan fingerprint density at radius 1 is 1.44 bits per heavy atom. The number of aliphatic hydroxyl groups excluding tert-OH is 1. The van der Waals surface area contributed by atoms with Gasteiger partial charge in [0.25, 0.3) is 0 Å². The van der Waals surface area contributed by atoms with Crippen LogP contribution >= 0.6 is 11.6 Å². The minimum Gasteiger partial charge on any atom is -0.396 e. The van der Waals surface area contributed by atoms with Crippen molar-refractivity contribution < 1.29 is 14.3 Å². The van der Waals surface area contributed by atoms with Crippen molar-refractivity contribution >= 4 is 23.3 Å². The van der Waals surface area contributed by atoms with Gasteiger partial charge in [-0.05, 0) is 50.9 Å². The van der Waals surface area contributed by atoms with Gasteiger partial charge in [0.1, 0.15) is 12.1 Å². The van der Waals surface area contributed by atoms with Crippen LogP contribution in [-0.4, -0.2) is 54.2 Å². The molecule has 9 heteroatoms. The molecular weight excluding hydrogens is 373 g/mol. The van der Waals surface area contributed by atoms with Gasteiger partial charge in [0.2, 0.25) is 0 Å². The molecule has 0 saturated carbocycles. The number of hydrogen-bond donors (Lipinski definition) is 5. The third-order valence-corrected chi connectivity index (χ3v) is 4.82. The molecule has 1 aromatic rings. The van der Waals surface area contributed by atoms with Crippen LogP contribution in [0, 0.1) is 5.82 Å². The lowest BCUT2D eigenvalue weighted by Gasteiger charge is -2.45. The van der Waals surface area contributed by atoms with E-state index in [1.807, 2.05) is 6.92 Å². The number of aliphatic hydroxyl groups is 1. The normalized spacial score (nSPS) is 23.2. The Morgan fingerprint density at radius 3 is 2.89 bits per heavy atom. The van der Waals surface area contributed by atoms with Gasteiger partial charge >= 0.3 is 6.03 Å². The highest BCUT2D eigenvalue weighted by Crippen LogP contribution is 2.19. The molecule has 1 heterocycles. The minimum absolute atomic E-state index is 0.0421. The van der Waals surface area contributed by atoms with E-state index in [0.29, 0.717) is 5.69 Å². The summed E-state index contributed by atoms with van der Waals surface area (Å²) in [6, 6.07) is 3.86. The van der Waals surface area contributed by atoms with Crippen LogP contribution in [-0.2, 0) is 0 Å². The maximum atomic E-state index is 13.2. The number of anilines is 1. The van der Waals surface area contributed by atoms with Crippen LogP contribution in [0.4, 0.5) is 14.9 Å². The van der Waals surface area contributed by atoms with Gasteiger partial charge in [-0.3, -0.25) is 10.2 Å². The van der Waals surface area contributed by atoms with Crippen molar-refractivity contribution in [2.45, 2.75) is 51.6 Å². The zero-order valence-electron chi connectivity index (χ0n) is 15.8. The summed E-state index contributed by atoms with van der Waals surface area (Å²) in [5.41, 5.74) is 0.421. The highest BCUT2D eigenvalue weighted by Gasteiger charge is 2.33. The third-order valence-electron chi connectivity index (χ3n) is 4.53. The zero-order valence-corrected chi connectivity index (χ0v) is 16.5. The molecule has 7 nitrogen and oxygen atoms in total. The standard InChI is InChI=1S/C18H29ClFN5O2/c1-3-25-16(21-8-4-5-9-26)10-12(2)22-17(25)24-18(27)23-13-6-7-15(20)14(19)11-13/h6-7,11-12,16-17,21-22,26H,3-5,8-10H2,1-2H3,(H2,23,24,27). The number of benzene rings is 1. The molecule has 0 spiro atoms. The molecule has 0 radical (unpaired) electrons. The van der Waals surface area contributed by atoms with Crippen LogP contribution in [0.1, 0.15) is 33.1 Å². The van der Waals surface area contributed by atoms with E-state index in [9.17, 15) is 9.18 Å². The monoisotopic (exact) mass is 401 g/mol. The van der Waals surface area contributed by atoms with Crippen LogP contribution in [0.25, 0.3) is 0 Å². The quantitative estimate of drug-likeness (QED) is 0.431. The van der Waals surface area contributed by atoms with E-state index in [0.717, 1.165) is 32.4 Å². The first-order valence-electron chi connectivity index (χ1n) is 9.33. The Balaban J connectivity index is 1.95. The largest absolute Gasteiger partial charge is 0.396 e. The predicted octanol–water partition coefficient (Wildman–Crippen LogP) is 2.28. The molecular formula is C18H29ClFN5O2. The lowest BCUT2D eigenvalue weighted by atomic mass is 10.1. The number of hydrogen-bond acceptors (Lipinski definition) is 5. The van der Waals surface area contributed by atoms with Crippen LogP contribution in [0.15, 0.2) is 18.2 Å². The second-order valence-corrected chi connectivity index (χ2v) is 7.07. The van der Waals surface area contributed by atoms with E-state index < -0.39 is 11.8 Å². The first-order chi connectivity index (χ1) is 12.9. The van der Waals surface area contributed by atoms with Gasteiger partial charge in [0.15, 0.2) is 0 Å². The zero-order chi connectivity index (χ0) is 19.8. The second-order valence-electron chi connectivity index (χ2n) is 6.66. The smallest absolute Gasteiger partial charge is 0.321 e. The van der Waals surface area contributed by atoms with Crippen LogP contribution in [0.5, 0.6) is 0 Å². The van der Waals surface area contributed by atoms with Crippen molar-refractivity contribution in [2.24, 2.45) is 0 Å². The molecule has 1 aromatic carbocycles. The lowest BCUT2D eigenvalue weighted by Crippen LogP contribution is -2.69. The molecule has 5 N–H and O–H groups in total. The number of nitrogens with zero attached hydrogens (tertiary/aromatic N) is 1. The predicted molar refractivity (Wildman–Crippen MR) is 105 cm³/mol. The van der Waals surface area contributed by atoms with Gasteiger partial charge in [-0.1, -0.05) is 18.5 Å². The fraction of sp³-hybridized carbons (Fsp3) is 0.611. The summed E-state index contributed by atoms with van der Waals surface area (Å²) in [7, 11) is 0. The average Bonchev–Trinajstić information content (AvgIpc) is 2.61. The second kappa shape index (κ2) is 10.8.